The van der Waals surface area contributed by atoms with Gasteiger partial charge in [-0.2, -0.15) is 5.21 Å². The largest absolute Gasteiger partial charge is 0.497 e. The van der Waals surface area contributed by atoms with Gasteiger partial charge in [0.15, 0.2) is 11.6 Å². The maximum Gasteiger partial charge on any atom is 0.197 e. The summed E-state index contributed by atoms with van der Waals surface area (Å²) < 4.78 is 18.2. The molecule has 1 N–H and O–H groups in total. The minimum absolute atomic E-state index is 0.527. The summed E-state index contributed by atoms with van der Waals surface area (Å²) in [6.45, 7) is 0. The van der Waals surface area contributed by atoms with Gasteiger partial charge in [0.1, 0.15) is 17.2 Å². The molecule has 0 radical (unpaired) electrons. The lowest BCUT2D eigenvalue weighted by Gasteiger charge is -2.09. The van der Waals surface area contributed by atoms with Crippen LogP contribution in [0.2, 0.25) is 0 Å². The van der Waals surface area contributed by atoms with Crippen LogP contribution in [-0.2, 0) is 0 Å². The van der Waals surface area contributed by atoms with Crippen molar-refractivity contribution in [2.24, 2.45) is 0 Å². The summed E-state index contributed by atoms with van der Waals surface area (Å²) in [5.41, 5.74) is 2.06. The third-order valence-electron chi connectivity index (χ3n) is 5.09. The van der Waals surface area contributed by atoms with Crippen molar-refractivity contribution in [3.05, 3.63) is 78.1 Å². The molecule has 0 unspecified atom stereocenters. The number of nitrogens with zero attached hydrogens (tertiary/aromatic N) is 3. The minimum atomic E-state index is 0.527. The van der Waals surface area contributed by atoms with Gasteiger partial charge < -0.3 is 14.2 Å². The van der Waals surface area contributed by atoms with E-state index in [1.807, 2.05) is 72.8 Å². The number of thiophene rings is 1. The summed E-state index contributed by atoms with van der Waals surface area (Å²) in [6.07, 6.45) is 3.71. The second-order valence-corrected chi connectivity index (χ2v) is 8.18. The van der Waals surface area contributed by atoms with Gasteiger partial charge in [0.2, 0.25) is 0 Å². The molecule has 0 aliphatic rings. The molecule has 5 aromatic rings. The van der Waals surface area contributed by atoms with Gasteiger partial charge in [-0.15, -0.1) is 21.5 Å². The van der Waals surface area contributed by atoms with E-state index in [-0.39, 0.29) is 0 Å². The molecule has 2 aromatic heterocycles. The van der Waals surface area contributed by atoms with E-state index in [1.54, 1.807) is 31.6 Å². The highest BCUT2D eigenvalue weighted by Crippen LogP contribution is 2.47. The van der Waals surface area contributed by atoms with Crippen LogP contribution < -0.4 is 14.2 Å². The first-order valence-corrected chi connectivity index (χ1v) is 11.0. The first-order chi connectivity index (χ1) is 16.2. The standard InChI is InChI=1S/C25H20N4O3S/c1-30-18-10-6-17(7-11-18)25-24(21-13-12-20(31-2)15-22(21)33-25)32-19-8-3-16(4-9-19)5-14-23-26-28-29-27-23/h3-15H,1-2H3,(H,26,27,28,29)/b14-5+. The Bertz CT molecular complexity index is 1390. The Morgan fingerprint density at radius 3 is 2.24 bits per heavy atom. The van der Waals surface area contributed by atoms with Crippen molar-refractivity contribution in [2.45, 2.75) is 0 Å². The number of tetrazole rings is 1. The average molecular weight is 457 g/mol. The van der Waals surface area contributed by atoms with Crippen LogP contribution in [0.4, 0.5) is 0 Å². The van der Waals surface area contributed by atoms with E-state index in [0.717, 1.165) is 49.1 Å². The van der Waals surface area contributed by atoms with Crippen molar-refractivity contribution in [1.82, 2.24) is 20.6 Å². The van der Waals surface area contributed by atoms with Crippen LogP contribution >= 0.6 is 11.3 Å². The van der Waals surface area contributed by atoms with E-state index in [9.17, 15) is 0 Å². The number of rotatable bonds is 7. The van der Waals surface area contributed by atoms with Crippen molar-refractivity contribution < 1.29 is 14.2 Å². The summed E-state index contributed by atoms with van der Waals surface area (Å²) in [5, 5.41) is 14.8. The lowest BCUT2D eigenvalue weighted by molar-refractivity contribution is 0.415. The van der Waals surface area contributed by atoms with E-state index in [4.69, 9.17) is 14.2 Å². The smallest absolute Gasteiger partial charge is 0.197 e. The molecule has 5 rings (SSSR count). The molecule has 0 spiro atoms. The normalized spacial score (nSPS) is 11.2. The Labute approximate surface area is 194 Å². The average Bonchev–Trinajstić information content (AvgIpc) is 3.51. The lowest BCUT2D eigenvalue weighted by Crippen LogP contribution is -1.87. The number of hydrogen-bond donors (Lipinski definition) is 1. The number of H-pyrrole nitrogens is 1. The molecule has 8 heteroatoms. The van der Waals surface area contributed by atoms with Crippen molar-refractivity contribution in [1.29, 1.82) is 0 Å². The topological polar surface area (TPSA) is 82.1 Å². The van der Waals surface area contributed by atoms with Crippen molar-refractivity contribution in [2.75, 3.05) is 14.2 Å². The molecule has 0 bridgehead atoms. The summed E-state index contributed by atoms with van der Waals surface area (Å²) in [6, 6.07) is 21.9. The van der Waals surface area contributed by atoms with E-state index in [1.165, 1.54) is 0 Å². The second-order valence-electron chi connectivity index (χ2n) is 7.13. The van der Waals surface area contributed by atoms with E-state index >= 15 is 0 Å². The molecule has 0 aliphatic heterocycles. The van der Waals surface area contributed by atoms with Crippen molar-refractivity contribution in [3.8, 4) is 33.4 Å². The fraction of sp³-hybridized carbons (Fsp3) is 0.0800. The molecule has 0 atom stereocenters. The van der Waals surface area contributed by atoms with Gasteiger partial charge in [-0.3, -0.25) is 0 Å². The molecular weight excluding hydrogens is 436 g/mol. The predicted molar refractivity (Wildman–Crippen MR) is 130 cm³/mol. The number of nitrogens with one attached hydrogen (secondary N) is 1. The molecule has 2 heterocycles. The van der Waals surface area contributed by atoms with Crippen LogP contribution in [0.25, 0.3) is 32.7 Å². The third kappa shape index (κ3) is 4.42. The molecule has 164 valence electrons. The number of hydrogen-bond acceptors (Lipinski definition) is 7. The number of benzene rings is 3. The summed E-state index contributed by atoms with van der Waals surface area (Å²) in [7, 11) is 3.33. The van der Waals surface area contributed by atoms with Crippen LogP contribution in [0.5, 0.6) is 23.0 Å². The van der Waals surface area contributed by atoms with Crippen LogP contribution in [0.15, 0.2) is 66.7 Å². The molecule has 0 fully saturated rings. The maximum atomic E-state index is 6.43. The number of fused-ring (bicyclic) bond motifs is 1. The van der Waals surface area contributed by atoms with E-state index in [0.29, 0.717) is 5.82 Å². The number of aromatic nitrogens is 4. The van der Waals surface area contributed by atoms with Crippen molar-refractivity contribution >= 4 is 33.6 Å². The first-order valence-electron chi connectivity index (χ1n) is 10.2. The molecule has 33 heavy (non-hydrogen) atoms. The zero-order chi connectivity index (χ0) is 22.6. The van der Waals surface area contributed by atoms with Crippen LogP contribution in [0, 0.1) is 0 Å². The molecule has 7 nitrogen and oxygen atoms in total. The van der Waals surface area contributed by atoms with Gasteiger partial charge in [0, 0.05) is 10.1 Å². The second kappa shape index (κ2) is 9.13. The zero-order valence-electron chi connectivity index (χ0n) is 18.0. The first kappa shape index (κ1) is 20.7. The van der Waals surface area contributed by atoms with E-state index in [2.05, 4.69) is 20.6 Å². The van der Waals surface area contributed by atoms with Crippen LogP contribution in [0.3, 0.4) is 0 Å². The SMILES string of the molecule is COc1ccc(-c2sc3cc(OC)ccc3c2Oc2ccc(/C=C/c3nn[nH]n3)cc2)cc1. The predicted octanol–water partition coefficient (Wildman–Crippen LogP) is 6.06. The Morgan fingerprint density at radius 2 is 1.55 bits per heavy atom. The monoisotopic (exact) mass is 456 g/mol. The molecule has 0 aliphatic carbocycles. The summed E-state index contributed by atoms with van der Waals surface area (Å²) >= 11 is 1.67. The van der Waals surface area contributed by atoms with Gasteiger partial charge in [0.05, 0.1) is 19.1 Å². The zero-order valence-corrected chi connectivity index (χ0v) is 18.8. The maximum absolute atomic E-state index is 6.43. The quantitative estimate of drug-likeness (QED) is 0.320. The van der Waals surface area contributed by atoms with Gasteiger partial charge >= 0.3 is 0 Å². The van der Waals surface area contributed by atoms with Gasteiger partial charge in [-0.05, 0) is 77.0 Å². The van der Waals surface area contributed by atoms with Crippen LogP contribution in [0.1, 0.15) is 11.4 Å². The molecule has 3 aromatic carbocycles. The fourth-order valence-electron chi connectivity index (χ4n) is 3.39. The Hall–Kier alpha value is -4.17. The minimum Gasteiger partial charge on any atom is -0.497 e. The molecular formula is C25H20N4O3S. The van der Waals surface area contributed by atoms with Gasteiger partial charge in [0.25, 0.3) is 0 Å². The molecule has 0 saturated carbocycles. The number of aromatic amines is 1. The van der Waals surface area contributed by atoms with E-state index < -0.39 is 0 Å². The van der Waals surface area contributed by atoms with Gasteiger partial charge in [-0.1, -0.05) is 18.2 Å². The lowest BCUT2D eigenvalue weighted by atomic mass is 10.1. The Morgan fingerprint density at radius 1 is 0.818 bits per heavy atom. The third-order valence-corrected chi connectivity index (χ3v) is 6.27. The van der Waals surface area contributed by atoms with Crippen LogP contribution in [-0.4, -0.2) is 34.8 Å². The van der Waals surface area contributed by atoms with Gasteiger partial charge in [-0.25, -0.2) is 0 Å². The Kier molecular flexibility index (Phi) is 5.73. The highest BCUT2D eigenvalue weighted by molar-refractivity contribution is 7.22. The fourth-order valence-corrected chi connectivity index (χ4v) is 4.55. The highest BCUT2D eigenvalue weighted by Gasteiger charge is 2.17. The number of ether oxygens (including phenoxy) is 3. The summed E-state index contributed by atoms with van der Waals surface area (Å²) in [5.74, 6) is 3.72. The van der Waals surface area contributed by atoms with Crippen molar-refractivity contribution in [3.63, 3.8) is 0 Å². The highest BCUT2D eigenvalue weighted by atomic mass is 32.1. The Balaban J connectivity index is 1.49. The number of methoxy groups -OCH3 is 2. The molecule has 0 amide bonds. The molecule has 0 saturated heterocycles. The summed E-state index contributed by atoms with van der Waals surface area (Å²) in [4.78, 5) is 1.04.